The molecule has 1 heteroatoms. The molecule has 0 amide bonds. The highest BCUT2D eigenvalue weighted by molar-refractivity contribution is 5.38. The van der Waals surface area contributed by atoms with Gasteiger partial charge < -0.3 is 5.11 Å². The van der Waals surface area contributed by atoms with E-state index in [1.807, 2.05) is 0 Å². The van der Waals surface area contributed by atoms with E-state index in [2.05, 4.69) is 166 Å². The molecule has 0 radical (unpaired) electrons. The topological polar surface area (TPSA) is 20.2 Å². The molecule has 2 rings (SSSR count). The minimum absolute atomic E-state index is 0.00983. The van der Waals surface area contributed by atoms with E-state index in [4.69, 9.17) is 0 Å². The van der Waals surface area contributed by atoms with Crippen molar-refractivity contribution in [3.05, 3.63) is 143 Å². The summed E-state index contributed by atoms with van der Waals surface area (Å²) < 4.78 is 0. The Labute approximate surface area is 251 Å². The fourth-order valence-corrected chi connectivity index (χ4v) is 5.61. The minimum Gasteiger partial charge on any atom is -0.393 e. The predicted molar refractivity (Wildman–Crippen MR) is 183 cm³/mol. The van der Waals surface area contributed by atoms with Crippen LogP contribution < -0.4 is 0 Å². The Bertz CT molecular complexity index is 1270. The summed E-state index contributed by atoms with van der Waals surface area (Å²) in [5.41, 5.74) is 8.91. The summed E-state index contributed by atoms with van der Waals surface area (Å²) in [5.74, 6) is 0.382. The Morgan fingerprint density at radius 2 is 1.32 bits per heavy atom. The molecule has 41 heavy (non-hydrogen) atoms. The first kappa shape index (κ1) is 34.0. The lowest BCUT2D eigenvalue weighted by Gasteiger charge is -2.35. The molecule has 0 unspecified atom stereocenters. The number of rotatable bonds is 10. The van der Waals surface area contributed by atoms with Gasteiger partial charge in [0.1, 0.15) is 0 Å². The van der Waals surface area contributed by atoms with Crippen LogP contribution >= 0.6 is 0 Å². The summed E-state index contributed by atoms with van der Waals surface area (Å²) >= 11 is 0. The first-order valence-corrected chi connectivity index (χ1v) is 15.0. The second-order valence-corrected chi connectivity index (χ2v) is 13.2. The lowest BCUT2D eigenvalue weighted by molar-refractivity contribution is 0.116. The van der Waals surface area contributed by atoms with Crippen LogP contribution in [0, 0.1) is 16.7 Å². The summed E-state index contributed by atoms with van der Waals surface area (Å²) in [6.45, 7) is 24.0. The van der Waals surface area contributed by atoms with E-state index in [-0.39, 0.29) is 16.9 Å². The van der Waals surface area contributed by atoms with Crippen LogP contribution in [0.25, 0.3) is 0 Å². The summed E-state index contributed by atoms with van der Waals surface area (Å²) in [7, 11) is 0. The van der Waals surface area contributed by atoms with E-state index in [0.29, 0.717) is 5.92 Å². The third kappa shape index (κ3) is 11.7. The largest absolute Gasteiger partial charge is 0.393 e. The number of allylic oxidation sites excluding steroid dienone is 22. The maximum atomic E-state index is 10.1. The van der Waals surface area contributed by atoms with Gasteiger partial charge in [-0.3, -0.25) is 0 Å². The molecule has 1 N–H and O–H groups in total. The highest BCUT2D eigenvalue weighted by Gasteiger charge is 2.31. The lowest BCUT2D eigenvalue weighted by atomic mass is 9.69. The van der Waals surface area contributed by atoms with Crippen LogP contribution in [0.5, 0.6) is 0 Å². The van der Waals surface area contributed by atoms with Gasteiger partial charge >= 0.3 is 0 Å². The first-order valence-electron chi connectivity index (χ1n) is 15.0. The molecular formula is C40H54O. The highest BCUT2D eigenvalue weighted by atomic mass is 16.3. The van der Waals surface area contributed by atoms with Gasteiger partial charge in [0.15, 0.2) is 0 Å². The van der Waals surface area contributed by atoms with Crippen molar-refractivity contribution >= 4 is 0 Å². The molecule has 0 saturated heterocycles. The van der Waals surface area contributed by atoms with Gasteiger partial charge in [-0.15, -0.1) is 0 Å². The van der Waals surface area contributed by atoms with Crippen molar-refractivity contribution < 1.29 is 5.11 Å². The number of hydrogen-bond donors (Lipinski definition) is 1. The fourth-order valence-electron chi connectivity index (χ4n) is 5.61. The van der Waals surface area contributed by atoms with Crippen molar-refractivity contribution in [3.8, 4) is 0 Å². The highest BCUT2D eigenvalue weighted by Crippen LogP contribution is 2.41. The van der Waals surface area contributed by atoms with Gasteiger partial charge in [0.25, 0.3) is 0 Å². The molecule has 0 saturated carbocycles. The maximum Gasteiger partial charge on any atom is 0.0585 e. The monoisotopic (exact) mass is 550 g/mol. The molecule has 0 aromatic heterocycles. The Morgan fingerprint density at radius 1 is 0.805 bits per heavy atom. The van der Waals surface area contributed by atoms with Gasteiger partial charge in [-0.2, -0.15) is 0 Å². The molecule has 2 aliphatic carbocycles. The maximum absolute atomic E-state index is 10.1. The van der Waals surface area contributed by atoms with Crippen LogP contribution in [0.4, 0.5) is 0 Å². The zero-order valence-corrected chi connectivity index (χ0v) is 27.2. The summed E-state index contributed by atoms with van der Waals surface area (Å²) in [6, 6.07) is 0. The molecule has 1 nitrogen and oxygen atoms in total. The molecule has 2 aliphatic rings. The van der Waals surface area contributed by atoms with Gasteiger partial charge in [-0.05, 0) is 75.9 Å². The smallest absolute Gasteiger partial charge is 0.0585 e. The molecule has 0 bridgehead atoms. The average Bonchev–Trinajstić information content (AvgIpc) is 2.84. The first-order chi connectivity index (χ1) is 19.2. The van der Waals surface area contributed by atoms with Crippen molar-refractivity contribution in [2.75, 3.05) is 0 Å². The summed E-state index contributed by atoms with van der Waals surface area (Å²) in [5, 5.41) is 10.1. The van der Waals surface area contributed by atoms with E-state index in [1.165, 1.54) is 39.0 Å². The lowest BCUT2D eigenvalue weighted by Crippen LogP contribution is -2.28. The van der Waals surface area contributed by atoms with Crippen molar-refractivity contribution in [2.45, 2.75) is 87.7 Å². The molecule has 0 aliphatic heterocycles. The molecule has 0 spiro atoms. The van der Waals surface area contributed by atoms with E-state index in [0.717, 1.165) is 19.3 Å². The van der Waals surface area contributed by atoms with E-state index < -0.39 is 0 Å². The van der Waals surface area contributed by atoms with E-state index in [9.17, 15) is 5.11 Å². The SMILES string of the molecule is C=C1C=CCC(C)(C)[C@H]1C=CC(C)=CC=CC(C)=CC=CC=C(C)C=CC=C(C)C=CC1=C(C)C[C@@H](O)CC1(C)C. The van der Waals surface area contributed by atoms with Gasteiger partial charge in [0, 0.05) is 5.92 Å². The van der Waals surface area contributed by atoms with Crippen molar-refractivity contribution in [1.82, 2.24) is 0 Å². The van der Waals surface area contributed by atoms with Crippen LogP contribution in [0.3, 0.4) is 0 Å². The molecule has 220 valence electrons. The molecule has 0 aromatic carbocycles. The molecule has 0 heterocycles. The van der Waals surface area contributed by atoms with Gasteiger partial charge in [0.2, 0.25) is 0 Å². The van der Waals surface area contributed by atoms with Gasteiger partial charge in [-0.25, -0.2) is 0 Å². The van der Waals surface area contributed by atoms with Gasteiger partial charge in [-0.1, -0.05) is 159 Å². The third-order valence-corrected chi connectivity index (χ3v) is 8.02. The molecule has 2 atom stereocenters. The minimum atomic E-state index is -0.223. The zero-order chi connectivity index (χ0) is 30.6. The van der Waals surface area contributed by atoms with Crippen molar-refractivity contribution in [2.24, 2.45) is 16.7 Å². The Balaban J connectivity index is 1.89. The predicted octanol–water partition coefficient (Wildman–Crippen LogP) is 11.2. The fraction of sp³-hybridized carbons (Fsp3) is 0.400. The summed E-state index contributed by atoms with van der Waals surface area (Å²) in [6.07, 6.45) is 37.0. The molecule has 0 aromatic rings. The van der Waals surface area contributed by atoms with Crippen molar-refractivity contribution in [1.29, 1.82) is 0 Å². The Hall–Kier alpha value is -3.16. The second-order valence-electron chi connectivity index (χ2n) is 13.2. The second kappa shape index (κ2) is 15.7. The average molecular weight is 551 g/mol. The number of aliphatic hydroxyl groups excluding tert-OH is 1. The zero-order valence-electron chi connectivity index (χ0n) is 27.2. The van der Waals surface area contributed by atoms with Crippen LogP contribution in [0.2, 0.25) is 0 Å². The van der Waals surface area contributed by atoms with E-state index >= 15 is 0 Å². The van der Waals surface area contributed by atoms with Gasteiger partial charge in [0.05, 0.1) is 6.10 Å². The van der Waals surface area contributed by atoms with Crippen LogP contribution in [0.15, 0.2) is 143 Å². The molecule has 0 fully saturated rings. The number of aliphatic hydroxyl groups is 1. The normalized spacial score (nSPS) is 24.9. The van der Waals surface area contributed by atoms with E-state index in [1.54, 1.807) is 0 Å². The van der Waals surface area contributed by atoms with Crippen LogP contribution in [0.1, 0.15) is 81.6 Å². The van der Waals surface area contributed by atoms with Crippen LogP contribution in [-0.2, 0) is 0 Å². The van der Waals surface area contributed by atoms with Crippen LogP contribution in [-0.4, -0.2) is 11.2 Å². The number of hydrogen-bond acceptors (Lipinski definition) is 1. The van der Waals surface area contributed by atoms with Crippen molar-refractivity contribution in [3.63, 3.8) is 0 Å². The quantitative estimate of drug-likeness (QED) is 0.268. The Kier molecular flexibility index (Phi) is 13.1. The summed E-state index contributed by atoms with van der Waals surface area (Å²) in [4.78, 5) is 0. The standard InChI is InChI=1S/C40H54O/c1-30(18-13-20-32(3)23-25-37-34(5)22-15-27-39(37,7)8)16-11-12-17-31(2)19-14-21-33(4)24-26-38-35(6)28-36(41)29-40(38,9)10/h11-26,36-37,41H,5,27-29H2,1-4,6-10H3/t36-,37+/m1/s1. The Morgan fingerprint density at radius 3 is 1.85 bits per heavy atom. The third-order valence-electron chi connectivity index (χ3n) is 8.02. The molecular weight excluding hydrogens is 496 g/mol.